The fraction of sp³-hybridized carbons (Fsp3) is 0.222. The summed E-state index contributed by atoms with van der Waals surface area (Å²) in [6, 6.07) is 13.2. The molecule has 1 fully saturated rings. The molecule has 8 heteroatoms. The van der Waals surface area contributed by atoms with Crippen LogP contribution < -0.4 is 4.72 Å². The van der Waals surface area contributed by atoms with Crippen molar-refractivity contribution in [3.05, 3.63) is 70.8 Å². The Balaban J connectivity index is 1.57. The number of rotatable bonds is 6. The summed E-state index contributed by atoms with van der Waals surface area (Å²) in [4.78, 5) is 4.55. The number of hydrogen-bond donors (Lipinski definition) is 1. The molecule has 2 aromatic carbocycles. The van der Waals surface area contributed by atoms with Gasteiger partial charge in [0.2, 0.25) is 5.89 Å². The molecule has 3 aromatic rings. The highest BCUT2D eigenvalue weighted by Crippen LogP contribution is 2.38. The first-order valence-electron chi connectivity index (χ1n) is 8.20. The second kappa shape index (κ2) is 6.74. The van der Waals surface area contributed by atoms with Crippen LogP contribution >= 0.6 is 11.6 Å². The molecular weight excluding hydrogens is 374 g/mol. The summed E-state index contributed by atoms with van der Waals surface area (Å²) in [6.07, 6.45) is 2.55. The number of hydrogen-bond acceptors (Lipinski definition) is 5. The number of nitrogens with one attached hydrogen (secondary N) is 1. The monoisotopic (exact) mass is 389 g/mol. The van der Waals surface area contributed by atoms with Gasteiger partial charge in [0, 0.05) is 10.9 Å². The summed E-state index contributed by atoms with van der Waals surface area (Å²) >= 11 is 5.83. The van der Waals surface area contributed by atoms with Crippen molar-refractivity contribution in [3.8, 4) is 0 Å². The zero-order valence-electron chi connectivity index (χ0n) is 13.7. The first-order chi connectivity index (χ1) is 12.5. The van der Waals surface area contributed by atoms with Crippen LogP contribution in [0.2, 0.25) is 5.02 Å². The number of anilines is 1. The summed E-state index contributed by atoms with van der Waals surface area (Å²) in [6.45, 7) is 0. The van der Waals surface area contributed by atoms with Gasteiger partial charge in [0.1, 0.15) is 0 Å². The lowest BCUT2D eigenvalue weighted by Crippen LogP contribution is -2.14. The molecule has 4 rings (SSSR count). The molecule has 1 saturated carbocycles. The largest absolute Gasteiger partial charge is 0.339 e. The zero-order chi connectivity index (χ0) is 18.1. The van der Waals surface area contributed by atoms with Gasteiger partial charge >= 0.3 is 0 Å². The molecule has 0 spiro atoms. The Bertz CT molecular complexity index is 1030. The number of aromatic nitrogens is 2. The van der Waals surface area contributed by atoms with E-state index in [9.17, 15) is 8.42 Å². The molecule has 0 saturated heterocycles. The van der Waals surface area contributed by atoms with Crippen LogP contribution in [0.5, 0.6) is 0 Å². The second-order valence-electron chi connectivity index (χ2n) is 6.21. The van der Waals surface area contributed by atoms with E-state index in [1.165, 1.54) is 12.1 Å². The molecule has 0 atom stereocenters. The molecule has 0 bridgehead atoms. The molecule has 1 aliphatic carbocycles. The zero-order valence-corrected chi connectivity index (χ0v) is 15.3. The van der Waals surface area contributed by atoms with Crippen LogP contribution in [0.4, 0.5) is 5.69 Å². The van der Waals surface area contributed by atoms with Crippen LogP contribution in [-0.2, 0) is 16.4 Å². The van der Waals surface area contributed by atoms with Crippen molar-refractivity contribution in [2.45, 2.75) is 30.1 Å². The van der Waals surface area contributed by atoms with Gasteiger partial charge in [-0.05, 0) is 48.7 Å². The van der Waals surface area contributed by atoms with Crippen LogP contribution in [0.15, 0.2) is 57.9 Å². The van der Waals surface area contributed by atoms with Gasteiger partial charge in [-0.3, -0.25) is 4.72 Å². The number of nitrogens with zero attached hydrogens (tertiary/aromatic N) is 2. The summed E-state index contributed by atoms with van der Waals surface area (Å²) in [5, 5.41) is 4.48. The smallest absolute Gasteiger partial charge is 0.261 e. The Morgan fingerprint density at radius 1 is 1.12 bits per heavy atom. The van der Waals surface area contributed by atoms with E-state index in [4.69, 9.17) is 16.1 Å². The van der Waals surface area contributed by atoms with Crippen LogP contribution in [0.25, 0.3) is 0 Å². The number of para-hydroxylation sites is 1. The van der Waals surface area contributed by atoms with E-state index in [-0.39, 0.29) is 4.90 Å². The molecule has 1 aliphatic rings. The predicted octanol–water partition coefficient (Wildman–Crippen LogP) is 3.99. The van der Waals surface area contributed by atoms with Crippen molar-refractivity contribution >= 4 is 27.3 Å². The highest BCUT2D eigenvalue weighted by Gasteiger charge is 2.28. The molecule has 1 aromatic heterocycles. The lowest BCUT2D eigenvalue weighted by atomic mass is 10.1. The van der Waals surface area contributed by atoms with Gasteiger partial charge in [-0.15, -0.1) is 0 Å². The third-order valence-electron chi connectivity index (χ3n) is 4.15. The topological polar surface area (TPSA) is 85.1 Å². The van der Waals surface area contributed by atoms with Gasteiger partial charge in [-0.25, -0.2) is 8.42 Å². The average Bonchev–Trinajstić information content (AvgIpc) is 3.36. The van der Waals surface area contributed by atoms with E-state index in [1.54, 1.807) is 24.3 Å². The summed E-state index contributed by atoms with van der Waals surface area (Å²) < 4.78 is 33.2. The van der Waals surface area contributed by atoms with Gasteiger partial charge in [-0.1, -0.05) is 35.0 Å². The van der Waals surface area contributed by atoms with Crippen LogP contribution in [0.3, 0.4) is 0 Å². The van der Waals surface area contributed by atoms with Gasteiger partial charge in [0.25, 0.3) is 10.0 Å². The molecule has 1 heterocycles. The highest BCUT2D eigenvalue weighted by molar-refractivity contribution is 7.92. The third kappa shape index (κ3) is 3.73. The quantitative estimate of drug-likeness (QED) is 0.688. The summed E-state index contributed by atoms with van der Waals surface area (Å²) in [5.41, 5.74) is 1.24. The Hall–Kier alpha value is -2.38. The van der Waals surface area contributed by atoms with E-state index < -0.39 is 10.0 Å². The van der Waals surface area contributed by atoms with Crippen LogP contribution in [-0.4, -0.2) is 18.6 Å². The maximum absolute atomic E-state index is 12.6. The normalized spacial score (nSPS) is 14.3. The second-order valence-corrected chi connectivity index (χ2v) is 8.33. The fourth-order valence-electron chi connectivity index (χ4n) is 2.60. The first-order valence-corrected chi connectivity index (χ1v) is 10.1. The minimum Gasteiger partial charge on any atom is -0.339 e. The van der Waals surface area contributed by atoms with Gasteiger partial charge in [0.15, 0.2) is 5.82 Å². The van der Waals surface area contributed by atoms with Crippen molar-refractivity contribution < 1.29 is 12.9 Å². The number of benzene rings is 2. The molecule has 0 radical (unpaired) electrons. The van der Waals surface area contributed by atoms with E-state index in [2.05, 4.69) is 14.9 Å². The third-order valence-corrected chi connectivity index (χ3v) is 5.79. The van der Waals surface area contributed by atoms with E-state index >= 15 is 0 Å². The molecule has 6 nitrogen and oxygen atoms in total. The lowest BCUT2D eigenvalue weighted by Gasteiger charge is -2.11. The lowest BCUT2D eigenvalue weighted by molar-refractivity contribution is 0.379. The Kier molecular flexibility index (Phi) is 4.42. The molecule has 134 valence electrons. The average molecular weight is 390 g/mol. The van der Waals surface area contributed by atoms with Crippen molar-refractivity contribution in [1.82, 2.24) is 10.1 Å². The maximum Gasteiger partial charge on any atom is 0.261 e. The highest BCUT2D eigenvalue weighted by atomic mass is 35.5. The predicted molar refractivity (Wildman–Crippen MR) is 97.8 cm³/mol. The van der Waals surface area contributed by atoms with Gasteiger partial charge < -0.3 is 4.52 Å². The fourth-order valence-corrected chi connectivity index (χ4v) is 3.83. The van der Waals surface area contributed by atoms with Crippen molar-refractivity contribution in [1.29, 1.82) is 0 Å². The minimum absolute atomic E-state index is 0.144. The molecule has 26 heavy (non-hydrogen) atoms. The summed E-state index contributed by atoms with van der Waals surface area (Å²) in [7, 11) is -3.72. The molecule has 0 amide bonds. The SMILES string of the molecule is O=S(=O)(Nc1ccccc1Cc1nc(C2CC2)no1)c1ccc(Cl)cc1. The standard InChI is InChI=1S/C18H16ClN3O3S/c19-14-7-9-15(10-8-14)26(23,24)22-16-4-2-1-3-13(16)11-17-20-18(21-25-17)12-5-6-12/h1-4,7-10,12,22H,5-6,11H2. The first kappa shape index (κ1) is 17.1. The molecule has 0 aliphatic heterocycles. The number of sulfonamides is 1. The van der Waals surface area contributed by atoms with E-state index in [0.717, 1.165) is 24.2 Å². The van der Waals surface area contributed by atoms with E-state index in [0.29, 0.717) is 28.9 Å². The maximum atomic E-state index is 12.6. The van der Waals surface area contributed by atoms with Crippen molar-refractivity contribution in [2.75, 3.05) is 4.72 Å². The Morgan fingerprint density at radius 2 is 1.85 bits per heavy atom. The minimum atomic E-state index is -3.72. The molecular formula is C18H16ClN3O3S. The van der Waals surface area contributed by atoms with E-state index in [1.807, 2.05) is 12.1 Å². The van der Waals surface area contributed by atoms with Crippen molar-refractivity contribution in [2.24, 2.45) is 0 Å². The Morgan fingerprint density at radius 3 is 2.58 bits per heavy atom. The van der Waals surface area contributed by atoms with Gasteiger partial charge in [0.05, 0.1) is 17.0 Å². The van der Waals surface area contributed by atoms with Gasteiger partial charge in [-0.2, -0.15) is 4.98 Å². The Labute approximate surface area is 156 Å². The summed E-state index contributed by atoms with van der Waals surface area (Å²) in [5.74, 6) is 1.62. The van der Waals surface area contributed by atoms with Crippen LogP contribution in [0.1, 0.15) is 36.0 Å². The molecule has 0 unspecified atom stereocenters. The number of halogens is 1. The van der Waals surface area contributed by atoms with Crippen LogP contribution in [0, 0.1) is 0 Å². The van der Waals surface area contributed by atoms with Crippen molar-refractivity contribution in [3.63, 3.8) is 0 Å². The molecule has 1 N–H and O–H groups in total.